The van der Waals surface area contributed by atoms with Gasteiger partial charge in [-0.1, -0.05) is 37.5 Å². The fourth-order valence-electron chi connectivity index (χ4n) is 3.04. The van der Waals surface area contributed by atoms with Gasteiger partial charge >= 0.3 is 0 Å². The molecule has 1 heterocycles. The number of rotatable bonds is 9. The van der Waals surface area contributed by atoms with Gasteiger partial charge in [-0.25, -0.2) is 8.42 Å². The molecule has 146 valence electrons. The molecule has 0 radical (unpaired) electrons. The fraction of sp³-hybridized carbons (Fsp3) is 0.632. The lowest BCUT2D eigenvalue weighted by Gasteiger charge is -2.29. The van der Waals surface area contributed by atoms with Crippen molar-refractivity contribution >= 4 is 15.9 Å². The highest BCUT2D eigenvalue weighted by atomic mass is 32.2. The third-order valence-corrected chi connectivity index (χ3v) is 6.63. The third kappa shape index (κ3) is 5.79. The Morgan fingerprint density at radius 3 is 2.38 bits per heavy atom. The van der Waals surface area contributed by atoms with Crippen molar-refractivity contribution in [3.8, 4) is 0 Å². The monoisotopic (exact) mass is 381 g/mol. The highest BCUT2D eigenvalue weighted by molar-refractivity contribution is 7.89. The first-order valence-corrected chi connectivity index (χ1v) is 10.9. The van der Waals surface area contributed by atoms with Gasteiger partial charge in [0.05, 0.1) is 4.90 Å². The van der Waals surface area contributed by atoms with Crippen molar-refractivity contribution in [2.45, 2.75) is 44.4 Å². The second-order valence-electron chi connectivity index (χ2n) is 6.81. The zero-order valence-corrected chi connectivity index (χ0v) is 16.7. The van der Waals surface area contributed by atoms with Gasteiger partial charge in [0.2, 0.25) is 15.9 Å². The van der Waals surface area contributed by atoms with E-state index in [1.165, 1.54) is 4.31 Å². The van der Waals surface area contributed by atoms with E-state index in [0.717, 1.165) is 37.9 Å². The van der Waals surface area contributed by atoms with Crippen LogP contribution in [-0.4, -0.2) is 62.8 Å². The lowest BCUT2D eigenvalue weighted by molar-refractivity contribution is -0.131. The smallest absolute Gasteiger partial charge is 0.243 e. The number of nitrogens with zero attached hydrogens (tertiary/aromatic N) is 2. The van der Waals surface area contributed by atoms with E-state index in [2.05, 4.69) is 12.2 Å². The Bertz CT molecular complexity index is 668. The molecule has 1 fully saturated rings. The summed E-state index contributed by atoms with van der Waals surface area (Å²) in [7, 11) is -3.57. The number of amides is 1. The van der Waals surface area contributed by atoms with Crippen molar-refractivity contribution in [2.24, 2.45) is 0 Å². The molecule has 1 N–H and O–H groups in total. The van der Waals surface area contributed by atoms with Gasteiger partial charge in [0.25, 0.3) is 0 Å². The summed E-state index contributed by atoms with van der Waals surface area (Å²) in [5.41, 5.74) is 1.02. The SMILES string of the molecule is CCCCCN(CCC(=O)N1CCNCC1)S(=O)(=O)c1ccc(C)cc1. The number of benzene rings is 1. The van der Waals surface area contributed by atoms with Crippen molar-refractivity contribution in [1.82, 2.24) is 14.5 Å². The second kappa shape index (κ2) is 10.0. The van der Waals surface area contributed by atoms with Crippen molar-refractivity contribution in [1.29, 1.82) is 0 Å². The van der Waals surface area contributed by atoms with Gasteiger partial charge in [-0.15, -0.1) is 0 Å². The molecular weight excluding hydrogens is 350 g/mol. The summed E-state index contributed by atoms with van der Waals surface area (Å²) in [4.78, 5) is 14.5. The van der Waals surface area contributed by atoms with Crippen molar-refractivity contribution in [2.75, 3.05) is 39.3 Å². The molecule has 6 nitrogen and oxygen atoms in total. The average molecular weight is 382 g/mol. The Kier molecular flexibility index (Phi) is 8.06. The Labute approximate surface area is 157 Å². The Hall–Kier alpha value is -1.44. The second-order valence-corrected chi connectivity index (χ2v) is 8.74. The molecule has 1 aliphatic rings. The van der Waals surface area contributed by atoms with Gasteiger partial charge in [0.1, 0.15) is 0 Å². The van der Waals surface area contributed by atoms with Crippen LogP contribution in [-0.2, 0) is 14.8 Å². The minimum atomic E-state index is -3.57. The summed E-state index contributed by atoms with van der Waals surface area (Å²) in [6.45, 7) is 7.70. The van der Waals surface area contributed by atoms with Crippen molar-refractivity contribution in [3.63, 3.8) is 0 Å². The predicted octanol–water partition coefficient (Wildman–Crippen LogP) is 2.00. The molecule has 1 aromatic carbocycles. The fourth-order valence-corrected chi connectivity index (χ4v) is 4.52. The van der Waals surface area contributed by atoms with Gasteiger partial charge < -0.3 is 10.2 Å². The van der Waals surface area contributed by atoms with E-state index in [1.807, 2.05) is 24.0 Å². The first-order valence-electron chi connectivity index (χ1n) is 9.50. The lowest BCUT2D eigenvalue weighted by atomic mass is 10.2. The molecule has 0 bridgehead atoms. The first-order chi connectivity index (χ1) is 12.4. The summed E-state index contributed by atoms with van der Waals surface area (Å²) in [6.07, 6.45) is 3.05. The number of hydrogen-bond acceptors (Lipinski definition) is 4. The molecule has 26 heavy (non-hydrogen) atoms. The number of sulfonamides is 1. The van der Waals surface area contributed by atoms with Gasteiger partial charge in [-0.2, -0.15) is 4.31 Å². The normalized spacial score (nSPS) is 15.4. The van der Waals surface area contributed by atoms with Crippen LogP contribution in [0.3, 0.4) is 0 Å². The molecule has 1 amide bonds. The van der Waals surface area contributed by atoms with E-state index in [0.29, 0.717) is 24.5 Å². The topological polar surface area (TPSA) is 69.7 Å². The van der Waals surface area contributed by atoms with Crippen LogP contribution in [0.2, 0.25) is 0 Å². The molecular formula is C19H31N3O3S. The highest BCUT2D eigenvalue weighted by Crippen LogP contribution is 2.18. The quantitative estimate of drug-likeness (QED) is 0.664. The number of carbonyl (C=O) groups is 1. The van der Waals surface area contributed by atoms with Crippen LogP contribution in [0, 0.1) is 6.92 Å². The Balaban J connectivity index is 2.06. The lowest BCUT2D eigenvalue weighted by Crippen LogP contribution is -2.47. The summed E-state index contributed by atoms with van der Waals surface area (Å²) in [6, 6.07) is 6.91. The minimum absolute atomic E-state index is 0.0334. The average Bonchev–Trinajstić information content (AvgIpc) is 2.65. The van der Waals surface area contributed by atoms with Crippen LogP contribution in [0.4, 0.5) is 0 Å². The van der Waals surface area contributed by atoms with E-state index in [4.69, 9.17) is 0 Å². The van der Waals surface area contributed by atoms with Crippen LogP contribution in [0.25, 0.3) is 0 Å². The third-order valence-electron chi connectivity index (χ3n) is 4.71. The van der Waals surface area contributed by atoms with Crippen LogP contribution < -0.4 is 5.32 Å². The molecule has 0 aromatic heterocycles. The van der Waals surface area contributed by atoms with Crippen LogP contribution >= 0.6 is 0 Å². The number of nitrogens with one attached hydrogen (secondary N) is 1. The van der Waals surface area contributed by atoms with Crippen molar-refractivity contribution in [3.05, 3.63) is 29.8 Å². The molecule has 1 aromatic rings. The summed E-state index contributed by atoms with van der Waals surface area (Å²) < 4.78 is 27.5. The maximum atomic E-state index is 13.0. The van der Waals surface area contributed by atoms with Crippen LogP contribution in [0.15, 0.2) is 29.2 Å². The number of piperazine rings is 1. The summed E-state index contributed by atoms with van der Waals surface area (Å²) in [5, 5.41) is 3.22. The Morgan fingerprint density at radius 1 is 1.12 bits per heavy atom. The number of unbranched alkanes of at least 4 members (excludes halogenated alkanes) is 2. The Morgan fingerprint density at radius 2 is 1.77 bits per heavy atom. The van der Waals surface area contributed by atoms with Gasteiger partial charge in [0.15, 0.2) is 0 Å². The standard InChI is InChI=1S/C19H31N3O3S/c1-3-4-5-13-22(14-10-19(23)21-15-11-20-12-16-21)26(24,25)18-8-6-17(2)7-9-18/h6-9,20H,3-5,10-16H2,1-2H3. The number of carbonyl (C=O) groups excluding carboxylic acids is 1. The van der Waals surface area contributed by atoms with E-state index >= 15 is 0 Å². The first kappa shape index (κ1) is 20.9. The van der Waals surface area contributed by atoms with Crippen LogP contribution in [0.1, 0.15) is 38.2 Å². The molecule has 7 heteroatoms. The van der Waals surface area contributed by atoms with Gasteiger partial charge in [-0.3, -0.25) is 4.79 Å². The number of aryl methyl sites for hydroxylation is 1. The highest BCUT2D eigenvalue weighted by Gasteiger charge is 2.25. The molecule has 1 aliphatic heterocycles. The summed E-state index contributed by atoms with van der Waals surface area (Å²) in [5.74, 6) is 0.0334. The van der Waals surface area contributed by atoms with Gasteiger partial charge in [-0.05, 0) is 25.5 Å². The molecule has 0 atom stereocenters. The van der Waals surface area contributed by atoms with E-state index < -0.39 is 10.0 Å². The van der Waals surface area contributed by atoms with Crippen molar-refractivity contribution < 1.29 is 13.2 Å². The zero-order chi connectivity index (χ0) is 19.0. The maximum Gasteiger partial charge on any atom is 0.243 e. The van der Waals surface area contributed by atoms with Gasteiger partial charge in [0, 0.05) is 45.7 Å². The molecule has 1 saturated heterocycles. The molecule has 0 aliphatic carbocycles. The van der Waals surface area contributed by atoms with Crippen LogP contribution in [0.5, 0.6) is 0 Å². The largest absolute Gasteiger partial charge is 0.340 e. The van der Waals surface area contributed by atoms with E-state index in [-0.39, 0.29) is 18.9 Å². The summed E-state index contributed by atoms with van der Waals surface area (Å²) >= 11 is 0. The molecule has 2 rings (SSSR count). The minimum Gasteiger partial charge on any atom is -0.340 e. The van der Waals surface area contributed by atoms with E-state index in [1.54, 1.807) is 12.1 Å². The van der Waals surface area contributed by atoms with E-state index in [9.17, 15) is 13.2 Å². The molecule has 0 unspecified atom stereocenters. The zero-order valence-electron chi connectivity index (χ0n) is 15.9. The maximum absolute atomic E-state index is 13.0. The predicted molar refractivity (Wildman–Crippen MR) is 104 cm³/mol. The molecule has 0 spiro atoms. The number of hydrogen-bond donors (Lipinski definition) is 1. The molecule has 0 saturated carbocycles.